The highest BCUT2D eigenvalue weighted by molar-refractivity contribution is 5.31. The maximum Gasteiger partial charge on any atom is 0.0991 e. The van der Waals surface area contributed by atoms with Crippen LogP contribution in [0.2, 0.25) is 0 Å². The van der Waals surface area contributed by atoms with E-state index in [0.717, 1.165) is 5.56 Å². The molecule has 2 nitrogen and oxygen atoms in total. The molecule has 0 radical (unpaired) electrons. The molecule has 0 spiro atoms. The van der Waals surface area contributed by atoms with Crippen LogP contribution in [0.25, 0.3) is 0 Å². The molecule has 0 N–H and O–H groups in total. The quantitative estimate of drug-likeness (QED) is 0.802. The molecule has 1 aliphatic carbocycles. The molecule has 0 atom stereocenters. The smallest absolute Gasteiger partial charge is 0.0991 e. The predicted molar refractivity (Wildman–Crippen MR) is 72.0 cm³/mol. The highest BCUT2D eigenvalue weighted by Gasteiger charge is 2.26. The Hall–Kier alpha value is -1.33. The van der Waals surface area contributed by atoms with Gasteiger partial charge in [0.15, 0.2) is 0 Å². The van der Waals surface area contributed by atoms with Crippen LogP contribution >= 0.6 is 0 Å². The van der Waals surface area contributed by atoms with Crippen LogP contribution in [0.5, 0.6) is 0 Å². The van der Waals surface area contributed by atoms with Crippen molar-refractivity contribution < 1.29 is 4.74 Å². The molecule has 0 saturated heterocycles. The highest BCUT2D eigenvalue weighted by Crippen LogP contribution is 2.36. The first-order chi connectivity index (χ1) is 8.59. The van der Waals surface area contributed by atoms with Gasteiger partial charge in [0.05, 0.1) is 24.3 Å². The Labute approximate surface area is 110 Å². The third-order valence-electron chi connectivity index (χ3n) is 3.85. The average Bonchev–Trinajstić information content (AvgIpc) is 2.38. The lowest BCUT2D eigenvalue weighted by Crippen LogP contribution is -2.26. The van der Waals surface area contributed by atoms with Crippen molar-refractivity contribution in [2.24, 2.45) is 5.41 Å². The molecule has 0 amide bonds. The zero-order valence-corrected chi connectivity index (χ0v) is 11.3. The minimum atomic E-state index is 0.411. The molecule has 0 bridgehead atoms. The van der Waals surface area contributed by atoms with E-state index in [0.29, 0.717) is 23.7 Å². The van der Waals surface area contributed by atoms with E-state index in [2.05, 4.69) is 19.9 Å². The van der Waals surface area contributed by atoms with Crippen LogP contribution in [0.3, 0.4) is 0 Å². The van der Waals surface area contributed by atoms with Crippen molar-refractivity contribution in [3.05, 3.63) is 35.4 Å². The second-order valence-corrected chi connectivity index (χ2v) is 5.98. The van der Waals surface area contributed by atoms with Crippen molar-refractivity contribution in [3.8, 4) is 6.07 Å². The lowest BCUT2D eigenvalue weighted by molar-refractivity contribution is -0.00558. The number of nitriles is 1. The van der Waals surface area contributed by atoms with E-state index in [1.807, 2.05) is 24.3 Å². The van der Waals surface area contributed by atoms with Gasteiger partial charge in [-0.2, -0.15) is 5.26 Å². The van der Waals surface area contributed by atoms with Gasteiger partial charge in [0.25, 0.3) is 0 Å². The molecule has 2 heteroatoms. The molecule has 18 heavy (non-hydrogen) atoms. The Morgan fingerprint density at radius 3 is 2.39 bits per heavy atom. The molecule has 0 aliphatic heterocycles. The van der Waals surface area contributed by atoms with E-state index in [1.165, 1.54) is 25.7 Å². The largest absolute Gasteiger partial charge is 0.374 e. The van der Waals surface area contributed by atoms with Gasteiger partial charge in [-0.25, -0.2) is 0 Å². The number of nitrogens with zero attached hydrogens (tertiary/aromatic N) is 1. The van der Waals surface area contributed by atoms with Crippen molar-refractivity contribution in [2.75, 3.05) is 0 Å². The zero-order valence-electron chi connectivity index (χ0n) is 11.3. The van der Waals surface area contributed by atoms with E-state index in [1.54, 1.807) is 0 Å². The van der Waals surface area contributed by atoms with Gasteiger partial charge >= 0.3 is 0 Å². The van der Waals surface area contributed by atoms with Crippen molar-refractivity contribution in [3.63, 3.8) is 0 Å². The van der Waals surface area contributed by atoms with Gasteiger partial charge in [-0.1, -0.05) is 26.0 Å². The molecule has 0 aromatic heterocycles. The summed E-state index contributed by atoms with van der Waals surface area (Å²) in [5.74, 6) is 0. The van der Waals surface area contributed by atoms with Crippen LogP contribution in [-0.2, 0) is 11.3 Å². The number of hydrogen-bond donors (Lipinski definition) is 0. The Bertz CT molecular complexity index is 417. The third kappa shape index (κ3) is 3.58. The highest BCUT2D eigenvalue weighted by atomic mass is 16.5. The van der Waals surface area contributed by atoms with Gasteiger partial charge in [0.1, 0.15) is 0 Å². The summed E-state index contributed by atoms with van der Waals surface area (Å²) in [6.07, 6.45) is 5.26. The van der Waals surface area contributed by atoms with E-state index < -0.39 is 0 Å². The van der Waals surface area contributed by atoms with Crippen LogP contribution in [0.4, 0.5) is 0 Å². The summed E-state index contributed by atoms with van der Waals surface area (Å²) in [6, 6.07) is 9.78. The summed E-state index contributed by atoms with van der Waals surface area (Å²) < 4.78 is 5.95. The maximum absolute atomic E-state index is 8.73. The second-order valence-electron chi connectivity index (χ2n) is 5.98. The SMILES string of the molecule is CC1(C)CCC(OCc2ccc(C#N)cc2)CC1. The Morgan fingerprint density at radius 2 is 1.83 bits per heavy atom. The molecular weight excluding hydrogens is 222 g/mol. The molecule has 2 rings (SSSR count). The molecule has 1 aromatic rings. The second kappa shape index (κ2) is 5.54. The van der Waals surface area contributed by atoms with Gasteiger partial charge in [0, 0.05) is 0 Å². The summed E-state index contributed by atoms with van der Waals surface area (Å²) in [5, 5.41) is 8.73. The number of rotatable bonds is 3. The first-order valence-corrected chi connectivity index (χ1v) is 6.70. The van der Waals surface area contributed by atoms with Crippen molar-refractivity contribution in [1.29, 1.82) is 5.26 Å². The minimum Gasteiger partial charge on any atom is -0.374 e. The maximum atomic E-state index is 8.73. The Kier molecular flexibility index (Phi) is 4.04. The predicted octanol–water partition coefficient (Wildman–Crippen LogP) is 4.04. The van der Waals surface area contributed by atoms with Crippen LogP contribution in [-0.4, -0.2) is 6.10 Å². The van der Waals surface area contributed by atoms with Gasteiger partial charge in [-0.15, -0.1) is 0 Å². The minimum absolute atomic E-state index is 0.411. The van der Waals surface area contributed by atoms with E-state index in [9.17, 15) is 0 Å². The summed E-state index contributed by atoms with van der Waals surface area (Å²) in [4.78, 5) is 0. The lowest BCUT2D eigenvalue weighted by atomic mass is 9.76. The van der Waals surface area contributed by atoms with E-state index in [4.69, 9.17) is 10.00 Å². The first kappa shape index (κ1) is 13.1. The summed E-state index contributed by atoms with van der Waals surface area (Å²) in [7, 11) is 0. The third-order valence-corrected chi connectivity index (χ3v) is 3.85. The van der Waals surface area contributed by atoms with Crippen LogP contribution < -0.4 is 0 Å². The van der Waals surface area contributed by atoms with Gasteiger partial charge in [0.2, 0.25) is 0 Å². The zero-order chi connectivity index (χ0) is 13.0. The van der Waals surface area contributed by atoms with Gasteiger partial charge < -0.3 is 4.74 Å². The molecule has 96 valence electrons. The molecule has 1 aromatic carbocycles. The topological polar surface area (TPSA) is 33.0 Å². The van der Waals surface area contributed by atoms with Crippen LogP contribution in [0, 0.1) is 16.7 Å². The Morgan fingerprint density at radius 1 is 1.22 bits per heavy atom. The van der Waals surface area contributed by atoms with Crippen LogP contribution in [0.15, 0.2) is 24.3 Å². The number of hydrogen-bond acceptors (Lipinski definition) is 2. The average molecular weight is 243 g/mol. The fourth-order valence-electron chi connectivity index (χ4n) is 2.43. The van der Waals surface area contributed by atoms with Crippen LogP contribution in [0.1, 0.15) is 50.7 Å². The first-order valence-electron chi connectivity index (χ1n) is 6.70. The monoisotopic (exact) mass is 243 g/mol. The normalized spacial score (nSPS) is 19.4. The summed E-state index contributed by atoms with van der Waals surface area (Å²) >= 11 is 0. The number of ether oxygens (including phenoxy) is 1. The van der Waals surface area contributed by atoms with E-state index in [-0.39, 0.29) is 0 Å². The number of benzene rings is 1. The summed E-state index contributed by atoms with van der Waals surface area (Å²) in [5.41, 5.74) is 2.35. The summed E-state index contributed by atoms with van der Waals surface area (Å²) in [6.45, 7) is 5.34. The van der Waals surface area contributed by atoms with Crippen molar-refractivity contribution in [1.82, 2.24) is 0 Å². The molecule has 0 heterocycles. The molecule has 1 fully saturated rings. The molecular formula is C16H21NO. The van der Waals surface area contributed by atoms with E-state index >= 15 is 0 Å². The molecule has 1 saturated carbocycles. The molecule has 1 aliphatic rings. The standard InChI is InChI=1S/C16H21NO/c1-16(2)9-7-15(8-10-16)18-12-14-5-3-13(11-17)4-6-14/h3-6,15H,7-10,12H2,1-2H3. The fraction of sp³-hybridized carbons (Fsp3) is 0.562. The fourth-order valence-corrected chi connectivity index (χ4v) is 2.43. The van der Waals surface area contributed by atoms with Crippen molar-refractivity contribution >= 4 is 0 Å². The van der Waals surface area contributed by atoms with Gasteiger partial charge in [-0.3, -0.25) is 0 Å². The molecule has 0 unspecified atom stereocenters. The lowest BCUT2D eigenvalue weighted by Gasteiger charge is -2.34. The van der Waals surface area contributed by atoms with Gasteiger partial charge in [-0.05, 0) is 48.8 Å². The Balaban J connectivity index is 1.80. The van der Waals surface area contributed by atoms with Crippen molar-refractivity contribution in [2.45, 2.75) is 52.2 Å².